The van der Waals surface area contributed by atoms with E-state index in [0.717, 1.165) is 0 Å². The van der Waals surface area contributed by atoms with E-state index >= 15 is 0 Å². The van der Waals surface area contributed by atoms with E-state index in [1.165, 1.54) is 4.90 Å². The Kier molecular flexibility index (Phi) is 7.74. The van der Waals surface area contributed by atoms with Crippen molar-refractivity contribution < 1.29 is 18.3 Å². The average molecular weight is 256 g/mol. The van der Waals surface area contributed by atoms with Gasteiger partial charge < -0.3 is 10.4 Å². The van der Waals surface area contributed by atoms with Crippen molar-refractivity contribution in [2.24, 2.45) is 0 Å². The van der Waals surface area contributed by atoms with Crippen LogP contribution in [0.3, 0.4) is 0 Å². The molecule has 0 fully saturated rings. The number of rotatable bonds is 8. The van der Waals surface area contributed by atoms with Gasteiger partial charge in [0.2, 0.25) is 0 Å². The van der Waals surface area contributed by atoms with Crippen LogP contribution in [0.1, 0.15) is 27.2 Å². The molecule has 0 aliphatic heterocycles. The SMILES string of the molecule is CCCN(CC(O)CNC(C)C)CC(F)(F)F. The van der Waals surface area contributed by atoms with E-state index in [9.17, 15) is 18.3 Å². The van der Waals surface area contributed by atoms with Gasteiger partial charge in [0.05, 0.1) is 12.6 Å². The molecule has 0 aromatic rings. The van der Waals surface area contributed by atoms with Crippen molar-refractivity contribution in [2.45, 2.75) is 45.5 Å². The van der Waals surface area contributed by atoms with Crippen LogP contribution >= 0.6 is 0 Å². The molecule has 0 heterocycles. The summed E-state index contributed by atoms with van der Waals surface area (Å²) in [5, 5.41) is 12.6. The summed E-state index contributed by atoms with van der Waals surface area (Å²) in [5.41, 5.74) is 0. The smallest absolute Gasteiger partial charge is 0.390 e. The Balaban J connectivity index is 4.05. The van der Waals surface area contributed by atoms with Crippen molar-refractivity contribution in [3.8, 4) is 0 Å². The fraction of sp³-hybridized carbons (Fsp3) is 1.00. The topological polar surface area (TPSA) is 35.5 Å². The van der Waals surface area contributed by atoms with E-state index in [1.807, 2.05) is 20.8 Å². The first-order valence-electron chi connectivity index (χ1n) is 5.95. The summed E-state index contributed by atoms with van der Waals surface area (Å²) < 4.78 is 36.8. The molecule has 1 atom stereocenters. The largest absolute Gasteiger partial charge is 0.401 e. The number of hydrogen-bond acceptors (Lipinski definition) is 3. The zero-order chi connectivity index (χ0) is 13.5. The molecule has 0 aliphatic rings. The summed E-state index contributed by atoms with van der Waals surface area (Å²) >= 11 is 0. The number of aliphatic hydroxyl groups is 1. The molecular weight excluding hydrogens is 233 g/mol. The molecule has 0 spiro atoms. The molecule has 104 valence electrons. The second-order valence-corrected chi connectivity index (χ2v) is 4.57. The first-order valence-corrected chi connectivity index (χ1v) is 5.95. The highest BCUT2D eigenvalue weighted by molar-refractivity contribution is 4.70. The van der Waals surface area contributed by atoms with Crippen molar-refractivity contribution in [2.75, 3.05) is 26.2 Å². The predicted octanol–water partition coefficient (Wildman–Crippen LogP) is 1.62. The number of hydrogen-bond donors (Lipinski definition) is 2. The maximum absolute atomic E-state index is 12.3. The fourth-order valence-electron chi connectivity index (χ4n) is 1.54. The molecule has 0 amide bonds. The quantitative estimate of drug-likeness (QED) is 0.692. The number of nitrogens with one attached hydrogen (secondary N) is 1. The number of aliphatic hydroxyl groups excluding tert-OH is 1. The first-order chi connectivity index (χ1) is 7.74. The van der Waals surface area contributed by atoms with Gasteiger partial charge in [-0.1, -0.05) is 20.8 Å². The summed E-state index contributed by atoms with van der Waals surface area (Å²) in [6, 6.07) is 0.215. The molecule has 0 radical (unpaired) electrons. The summed E-state index contributed by atoms with van der Waals surface area (Å²) in [6.07, 6.45) is -4.34. The minimum atomic E-state index is -4.21. The zero-order valence-corrected chi connectivity index (χ0v) is 10.7. The molecule has 3 nitrogen and oxygen atoms in total. The Bertz CT molecular complexity index is 198. The molecular formula is C11H23F3N2O. The van der Waals surface area contributed by atoms with Crippen LogP contribution in [-0.4, -0.2) is 54.5 Å². The number of halogens is 3. The van der Waals surface area contributed by atoms with Crippen LogP contribution in [0.4, 0.5) is 13.2 Å². The van der Waals surface area contributed by atoms with Gasteiger partial charge in [-0.2, -0.15) is 13.2 Å². The Morgan fingerprint density at radius 3 is 2.29 bits per heavy atom. The monoisotopic (exact) mass is 256 g/mol. The zero-order valence-electron chi connectivity index (χ0n) is 10.7. The van der Waals surface area contributed by atoms with Crippen LogP contribution in [0.2, 0.25) is 0 Å². The molecule has 6 heteroatoms. The molecule has 0 saturated carbocycles. The Morgan fingerprint density at radius 1 is 1.29 bits per heavy atom. The molecule has 0 aromatic carbocycles. The first kappa shape index (κ1) is 16.7. The van der Waals surface area contributed by atoms with Crippen LogP contribution in [0.15, 0.2) is 0 Å². The van der Waals surface area contributed by atoms with Gasteiger partial charge in [-0.05, 0) is 13.0 Å². The lowest BCUT2D eigenvalue weighted by molar-refractivity contribution is -0.148. The van der Waals surface area contributed by atoms with Gasteiger partial charge in [0.25, 0.3) is 0 Å². The lowest BCUT2D eigenvalue weighted by atomic mass is 10.2. The third-order valence-corrected chi connectivity index (χ3v) is 2.17. The van der Waals surface area contributed by atoms with Crippen molar-refractivity contribution in [1.82, 2.24) is 10.2 Å². The highest BCUT2D eigenvalue weighted by Crippen LogP contribution is 2.16. The predicted molar refractivity (Wildman–Crippen MR) is 61.9 cm³/mol. The molecule has 2 N–H and O–H groups in total. The molecule has 0 aliphatic carbocycles. The van der Waals surface area contributed by atoms with E-state index in [-0.39, 0.29) is 12.6 Å². The third-order valence-electron chi connectivity index (χ3n) is 2.17. The maximum Gasteiger partial charge on any atom is 0.401 e. The third kappa shape index (κ3) is 10.5. The van der Waals surface area contributed by atoms with Crippen LogP contribution in [0.5, 0.6) is 0 Å². The Morgan fingerprint density at radius 2 is 1.88 bits per heavy atom. The lowest BCUT2D eigenvalue weighted by Crippen LogP contribution is -2.43. The highest BCUT2D eigenvalue weighted by atomic mass is 19.4. The van der Waals surface area contributed by atoms with Gasteiger partial charge in [0.1, 0.15) is 0 Å². The molecule has 0 rings (SSSR count). The molecule has 0 saturated heterocycles. The fourth-order valence-corrected chi connectivity index (χ4v) is 1.54. The second kappa shape index (κ2) is 7.89. The van der Waals surface area contributed by atoms with Gasteiger partial charge in [0, 0.05) is 19.1 Å². The van der Waals surface area contributed by atoms with E-state index < -0.39 is 18.8 Å². The van der Waals surface area contributed by atoms with E-state index in [2.05, 4.69) is 5.32 Å². The van der Waals surface area contributed by atoms with Crippen molar-refractivity contribution in [3.05, 3.63) is 0 Å². The van der Waals surface area contributed by atoms with Crippen LogP contribution in [-0.2, 0) is 0 Å². The summed E-state index contributed by atoms with van der Waals surface area (Å²) in [6.45, 7) is 5.42. The van der Waals surface area contributed by atoms with Crippen LogP contribution in [0.25, 0.3) is 0 Å². The van der Waals surface area contributed by atoms with E-state index in [0.29, 0.717) is 19.5 Å². The highest BCUT2D eigenvalue weighted by Gasteiger charge is 2.30. The Labute approximate surface area is 101 Å². The normalized spacial score (nSPS) is 14.6. The standard InChI is InChI=1S/C11H23F3N2O/c1-4-5-16(8-11(12,13)14)7-10(17)6-15-9(2)3/h9-10,15,17H,4-8H2,1-3H3. The summed E-state index contributed by atoms with van der Waals surface area (Å²) in [4.78, 5) is 1.24. The van der Waals surface area contributed by atoms with Crippen LogP contribution < -0.4 is 5.32 Å². The van der Waals surface area contributed by atoms with Gasteiger partial charge >= 0.3 is 6.18 Å². The van der Waals surface area contributed by atoms with E-state index in [4.69, 9.17) is 0 Å². The number of nitrogens with zero attached hydrogens (tertiary/aromatic N) is 1. The van der Waals surface area contributed by atoms with Crippen LogP contribution in [0, 0.1) is 0 Å². The summed E-state index contributed by atoms with van der Waals surface area (Å²) in [5.74, 6) is 0. The average Bonchev–Trinajstić information content (AvgIpc) is 2.12. The Hall–Kier alpha value is -0.330. The second-order valence-electron chi connectivity index (χ2n) is 4.57. The minimum absolute atomic E-state index is 0.0487. The summed E-state index contributed by atoms with van der Waals surface area (Å²) in [7, 11) is 0. The van der Waals surface area contributed by atoms with Gasteiger partial charge in [-0.25, -0.2) is 0 Å². The van der Waals surface area contributed by atoms with Crippen molar-refractivity contribution in [1.29, 1.82) is 0 Å². The van der Waals surface area contributed by atoms with Crippen molar-refractivity contribution in [3.63, 3.8) is 0 Å². The van der Waals surface area contributed by atoms with Gasteiger partial charge in [-0.15, -0.1) is 0 Å². The van der Waals surface area contributed by atoms with Gasteiger partial charge in [0.15, 0.2) is 0 Å². The minimum Gasteiger partial charge on any atom is -0.390 e. The molecule has 1 unspecified atom stereocenters. The lowest BCUT2D eigenvalue weighted by Gasteiger charge is -2.26. The van der Waals surface area contributed by atoms with Gasteiger partial charge in [-0.3, -0.25) is 4.90 Å². The molecule has 0 bridgehead atoms. The molecule has 0 aromatic heterocycles. The molecule has 17 heavy (non-hydrogen) atoms. The van der Waals surface area contributed by atoms with Crippen molar-refractivity contribution >= 4 is 0 Å². The number of alkyl halides is 3. The maximum atomic E-state index is 12.3. The van der Waals surface area contributed by atoms with E-state index in [1.54, 1.807) is 0 Å².